The summed E-state index contributed by atoms with van der Waals surface area (Å²) in [5.74, 6) is 1.00. The highest BCUT2D eigenvalue weighted by Gasteiger charge is 2.42. The van der Waals surface area contributed by atoms with Crippen LogP contribution in [-0.2, 0) is 11.3 Å². The maximum Gasteiger partial charge on any atom is 0.239 e. The minimum absolute atomic E-state index is 0. The van der Waals surface area contributed by atoms with Gasteiger partial charge in [-0.3, -0.25) is 4.79 Å². The summed E-state index contributed by atoms with van der Waals surface area (Å²) in [6, 6.07) is 0.236. The van der Waals surface area contributed by atoms with E-state index in [4.69, 9.17) is 0 Å². The van der Waals surface area contributed by atoms with Crippen LogP contribution in [-0.4, -0.2) is 58.3 Å². The van der Waals surface area contributed by atoms with Gasteiger partial charge in [-0.15, -0.1) is 35.0 Å². The summed E-state index contributed by atoms with van der Waals surface area (Å²) in [5.41, 5.74) is 0.310. The molecule has 1 spiro atoms. The molecule has 0 bridgehead atoms. The SMILES string of the molecule is CC(C)n1cnnc1CN(C)C(=O)C1CC2(CCNCC2)CN1.Cl.Cl. The fourth-order valence-electron chi connectivity index (χ4n) is 3.80. The van der Waals surface area contributed by atoms with Crippen LogP contribution in [0, 0.1) is 5.41 Å². The Labute approximate surface area is 162 Å². The zero-order valence-electron chi connectivity index (χ0n) is 15.2. The molecule has 0 aliphatic carbocycles. The first-order chi connectivity index (χ1) is 11.0. The first-order valence-electron chi connectivity index (χ1n) is 8.58. The van der Waals surface area contributed by atoms with E-state index in [0.29, 0.717) is 18.0 Å². The second kappa shape index (κ2) is 9.16. The second-order valence-electron chi connectivity index (χ2n) is 7.33. The molecule has 25 heavy (non-hydrogen) atoms. The average molecular weight is 393 g/mol. The van der Waals surface area contributed by atoms with Gasteiger partial charge >= 0.3 is 0 Å². The molecule has 1 aromatic rings. The molecule has 1 amide bonds. The van der Waals surface area contributed by atoms with Gasteiger partial charge in [-0.05, 0) is 51.6 Å². The van der Waals surface area contributed by atoms with Crippen LogP contribution in [0.3, 0.4) is 0 Å². The third kappa shape index (κ3) is 4.84. The van der Waals surface area contributed by atoms with E-state index in [1.807, 2.05) is 11.6 Å². The van der Waals surface area contributed by atoms with Crippen LogP contribution in [0.5, 0.6) is 0 Å². The summed E-state index contributed by atoms with van der Waals surface area (Å²) in [7, 11) is 1.86. The number of aromatic nitrogens is 3. The Balaban J connectivity index is 0.00000156. The molecule has 2 fully saturated rings. The Bertz CT molecular complexity index is 559. The molecular formula is C16H30Cl2N6O. The fraction of sp³-hybridized carbons (Fsp3) is 0.812. The van der Waals surface area contributed by atoms with Crippen molar-refractivity contribution >= 4 is 30.7 Å². The van der Waals surface area contributed by atoms with Gasteiger partial charge in [-0.2, -0.15) is 0 Å². The number of halogens is 2. The molecule has 0 radical (unpaired) electrons. The molecule has 1 atom stereocenters. The van der Waals surface area contributed by atoms with E-state index < -0.39 is 0 Å². The van der Waals surface area contributed by atoms with E-state index in [0.717, 1.165) is 44.7 Å². The van der Waals surface area contributed by atoms with Crippen molar-refractivity contribution in [2.24, 2.45) is 5.41 Å². The molecule has 3 heterocycles. The van der Waals surface area contributed by atoms with E-state index >= 15 is 0 Å². The largest absolute Gasteiger partial charge is 0.337 e. The van der Waals surface area contributed by atoms with E-state index in [2.05, 4.69) is 34.7 Å². The summed E-state index contributed by atoms with van der Waals surface area (Å²) in [6.07, 6.45) is 5.01. The van der Waals surface area contributed by atoms with Crippen molar-refractivity contribution in [1.29, 1.82) is 0 Å². The van der Waals surface area contributed by atoms with Crippen LogP contribution in [0.25, 0.3) is 0 Å². The molecule has 144 valence electrons. The predicted molar refractivity (Wildman–Crippen MR) is 102 cm³/mol. The van der Waals surface area contributed by atoms with Gasteiger partial charge in [0.05, 0.1) is 12.6 Å². The molecule has 2 aliphatic rings. The minimum Gasteiger partial charge on any atom is -0.337 e. The first kappa shape index (κ1) is 22.2. The average Bonchev–Trinajstić information content (AvgIpc) is 3.15. The molecule has 2 aliphatic heterocycles. The Morgan fingerprint density at radius 1 is 1.40 bits per heavy atom. The van der Waals surface area contributed by atoms with Gasteiger partial charge in [0.25, 0.3) is 0 Å². The van der Waals surface area contributed by atoms with Crippen molar-refractivity contribution in [2.45, 2.75) is 51.7 Å². The lowest BCUT2D eigenvalue weighted by Crippen LogP contribution is -2.41. The number of hydrogen-bond donors (Lipinski definition) is 2. The van der Waals surface area contributed by atoms with Crippen LogP contribution in [0.4, 0.5) is 0 Å². The molecular weight excluding hydrogens is 363 g/mol. The monoisotopic (exact) mass is 392 g/mol. The molecule has 2 N–H and O–H groups in total. The molecule has 0 aromatic carbocycles. The van der Waals surface area contributed by atoms with Crippen LogP contribution in [0.2, 0.25) is 0 Å². The highest BCUT2D eigenvalue weighted by molar-refractivity contribution is 5.85. The number of nitrogens with zero attached hydrogens (tertiary/aromatic N) is 4. The summed E-state index contributed by atoms with van der Waals surface area (Å²) in [5, 5.41) is 15.0. The highest BCUT2D eigenvalue weighted by Crippen LogP contribution is 2.37. The fourth-order valence-corrected chi connectivity index (χ4v) is 3.80. The van der Waals surface area contributed by atoms with Crippen molar-refractivity contribution < 1.29 is 4.79 Å². The Kier molecular flexibility index (Phi) is 8.12. The Morgan fingerprint density at radius 3 is 2.72 bits per heavy atom. The van der Waals surface area contributed by atoms with E-state index in [1.54, 1.807) is 11.2 Å². The zero-order chi connectivity index (χ0) is 16.4. The summed E-state index contributed by atoms with van der Waals surface area (Å²) in [4.78, 5) is 14.5. The van der Waals surface area contributed by atoms with E-state index in [1.165, 1.54) is 0 Å². The molecule has 1 aromatic heterocycles. The minimum atomic E-state index is -0.0616. The number of amides is 1. The summed E-state index contributed by atoms with van der Waals surface area (Å²) >= 11 is 0. The number of piperidine rings is 1. The number of hydrogen-bond acceptors (Lipinski definition) is 5. The van der Waals surface area contributed by atoms with Crippen molar-refractivity contribution in [3.63, 3.8) is 0 Å². The Hall–Kier alpha value is -0.890. The predicted octanol–water partition coefficient (Wildman–Crippen LogP) is 1.39. The van der Waals surface area contributed by atoms with Gasteiger partial charge in [0.15, 0.2) is 5.82 Å². The van der Waals surface area contributed by atoms with Crippen molar-refractivity contribution in [3.8, 4) is 0 Å². The van der Waals surface area contributed by atoms with Gasteiger partial charge in [0.2, 0.25) is 5.91 Å². The number of carbonyl (C=O) groups is 1. The van der Waals surface area contributed by atoms with Gasteiger partial charge in [0, 0.05) is 19.6 Å². The normalized spacial score (nSPS) is 21.7. The molecule has 9 heteroatoms. The molecule has 7 nitrogen and oxygen atoms in total. The quantitative estimate of drug-likeness (QED) is 0.809. The molecule has 3 rings (SSSR count). The maximum atomic E-state index is 12.8. The first-order valence-corrected chi connectivity index (χ1v) is 8.58. The number of likely N-dealkylation sites (N-methyl/N-ethyl adjacent to an activating group) is 1. The van der Waals surface area contributed by atoms with Gasteiger partial charge < -0.3 is 20.1 Å². The van der Waals surface area contributed by atoms with Crippen molar-refractivity contribution in [2.75, 3.05) is 26.7 Å². The molecule has 1 unspecified atom stereocenters. The van der Waals surface area contributed by atoms with Crippen molar-refractivity contribution in [3.05, 3.63) is 12.2 Å². The van der Waals surface area contributed by atoms with Crippen LogP contribution < -0.4 is 10.6 Å². The van der Waals surface area contributed by atoms with E-state index in [-0.39, 0.29) is 36.8 Å². The highest BCUT2D eigenvalue weighted by atomic mass is 35.5. The summed E-state index contributed by atoms with van der Waals surface area (Å²) in [6.45, 7) is 7.78. The second-order valence-corrected chi connectivity index (χ2v) is 7.33. The maximum absolute atomic E-state index is 12.8. The third-order valence-electron chi connectivity index (χ3n) is 5.28. The van der Waals surface area contributed by atoms with Gasteiger partial charge in [-0.1, -0.05) is 0 Å². The number of rotatable bonds is 4. The van der Waals surface area contributed by atoms with Crippen LogP contribution in [0.1, 0.15) is 45.0 Å². The van der Waals surface area contributed by atoms with Crippen LogP contribution >= 0.6 is 24.8 Å². The smallest absolute Gasteiger partial charge is 0.239 e. The third-order valence-corrected chi connectivity index (χ3v) is 5.28. The number of carbonyl (C=O) groups excluding carboxylic acids is 1. The lowest BCUT2D eigenvalue weighted by molar-refractivity contribution is -0.132. The lowest BCUT2D eigenvalue weighted by atomic mass is 9.77. The zero-order valence-corrected chi connectivity index (χ0v) is 16.8. The van der Waals surface area contributed by atoms with E-state index in [9.17, 15) is 4.79 Å². The van der Waals surface area contributed by atoms with Gasteiger partial charge in [-0.25, -0.2) is 0 Å². The number of nitrogens with one attached hydrogen (secondary N) is 2. The van der Waals surface area contributed by atoms with Crippen molar-refractivity contribution in [1.82, 2.24) is 30.3 Å². The topological polar surface area (TPSA) is 75.1 Å². The Morgan fingerprint density at radius 2 is 2.08 bits per heavy atom. The van der Waals surface area contributed by atoms with Gasteiger partial charge in [0.1, 0.15) is 6.33 Å². The molecule has 0 saturated carbocycles. The lowest BCUT2D eigenvalue weighted by Gasteiger charge is -2.33. The molecule has 2 saturated heterocycles. The van der Waals surface area contributed by atoms with Crippen LogP contribution in [0.15, 0.2) is 6.33 Å². The standard InChI is InChI=1S/C16H28N6O.2ClH/c1-12(2)22-11-19-20-14(22)9-21(3)15(23)13-8-16(10-18-13)4-6-17-7-5-16;;/h11-13,17-18H,4-10H2,1-3H3;2*1H. The summed E-state index contributed by atoms with van der Waals surface area (Å²) < 4.78 is 2.01.